The largest absolute Gasteiger partial charge is 0.507 e. The number of carbonyl (C=O) groups excluding carboxylic acids is 1. The molecule has 3 aromatic carbocycles. The molecule has 0 aliphatic rings. The Morgan fingerprint density at radius 3 is 2.39 bits per heavy atom. The zero-order valence-electron chi connectivity index (χ0n) is 23.7. The third-order valence-corrected chi connectivity index (χ3v) is 6.59. The van der Waals surface area contributed by atoms with E-state index in [1.165, 1.54) is 22.8 Å². The smallest absolute Gasteiger partial charge is 0.434 e. The number of amides is 1. The number of hydrogen-bond acceptors (Lipinski definition) is 8. The number of rotatable bonds is 15. The van der Waals surface area contributed by atoms with Gasteiger partial charge in [0.1, 0.15) is 42.4 Å². The molecule has 0 bridgehead atoms. The number of hydrogen-bond donors (Lipinski definition) is 4. The summed E-state index contributed by atoms with van der Waals surface area (Å²) in [7, 11) is 0. The fourth-order valence-electron chi connectivity index (χ4n) is 4.48. The maximum atomic E-state index is 13.2. The Morgan fingerprint density at radius 1 is 1.02 bits per heavy atom. The van der Waals surface area contributed by atoms with E-state index >= 15 is 0 Å². The van der Waals surface area contributed by atoms with E-state index < -0.39 is 23.9 Å². The molecule has 1 heterocycles. The lowest BCUT2D eigenvalue weighted by molar-refractivity contribution is -0.140. The number of alkyl halides is 3. The molecular formula is C31H33F3N4O6. The highest BCUT2D eigenvalue weighted by Gasteiger charge is 2.35. The summed E-state index contributed by atoms with van der Waals surface area (Å²) in [4.78, 5) is 17.2. The third-order valence-electron chi connectivity index (χ3n) is 6.59. The van der Waals surface area contributed by atoms with Crippen molar-refractivity contribution in [2.45, 2.75) is 25.4 Å². The third kappa shape index (κ3) is 8.96. The lowest BCUT2D eigenvalue weighted by Crippen LogP contribution is -2.37. The van der Waals surface area contributed by atoms with Crippen LogP contribution in [-0.2, 0) is 19.3 Å². The molecule has 1 aromatic heterocycles. The van der Waals surface area contributed by atoms with E-state index in [1.807, 2.05) is 35.2 Å². The highest BCUT2D eigenvalue weighted by atomic mass is 19.4. The Bertz CT molecular complexity index is 1510. The number of aromatic nitrogens is 2. The number of primary amides is 1. The van der Waals surface area contributed by atoms with Crippen molar-refractivity contribution in [3.63, 3.8) is 0 Å². The molecule has 0 saturated heterocycles. The second-order valence-corrected chi connectivity index (χ2v) is 9.97. The van der Waals surface area contributed by atoms with Crippen LogP contribution in [0.25, 0.3) is 11.4 Å². The van der Waals surface area contributed by atoms with Crippen LogP contribution < -0.4 is 15.2 Å². The van der Waals surface area contributed by atoms with Gasteiger partial charge in [-0.05, 0) is 48.0 Å². The number of nitrogens with zero attached hydrogens (tertiary/aromatic N) is 3. The van der Waals surface area contributed by atoms with Gasteiger partial charge in [-0.3, -0.25) is 9.69 Å². The summed E-state index contributed by atoms with van der Waals surface area (Å²) >= 11 is 0. The van der Waals surface area contributed by atoms with Crippen LogP contribution in [0.5, 0.6) is 17.2 Å². The molecule has 1 atom stereocenters. The Hall–Kier alpha value is -4.59. The summed E-state index contributed by atoms with van der Waals surface area (Å²) < 4.78 is 52.3. The number of aliphatic hydroxyl groups excluding tert-OH is 2. The number of phenols is 1. The van der Waals surface area contributed by atoms with Gasteiger partial charge in [0.2, 0.25) is 0 Å². The number of halogens is 3. The molecule has 234 valence electrons. The molecule has 0 fully saturated rings. The topological polar surface area (TPSA) is 143 Å². The monoisotopic (exact) mass is 614 g/mol. The van der Waals surface area contributed by atoms with Crippen LogP contribution >= 0.6 is 0 Å². The fraction of sp³-hybridized carbons (Fsp3) is 0.290. The number of benzene rings is 3. The van der Waals surface area contributed by atoms with Gasteiger partial charge in [0.25, 0.3) is 5.91 Å². The molecule has 0 saturated carbocycles. The van der Waals surface area contributed by atoms with E-state index in [-0.39, 0.29) is 50.0 Å². The Kier molecular flexibility index (Phi) is 10.8. The number of carbonyl (C=O) groups is 1. The van der Waals surface area contributed by atoms with Gasteiger partial charge in [-0.25, -0.2) is 4.98 Å². The average molecular weight is 615 g/mol. The summed E-state index contributed by atoms with van der Waals surface area (Å²) in [5.74, 6) is -0.191. The second kappa shape index (κ2) is 14.7. The van der Waals surface area contributed by atoms with Gasteiger partial charge in [0, 0.05) is 37.9 Å². The maximum Gasteiger partial charge on any atom is 0.434 e. The molecule has 1 amide bonds. The number of aromatic hydroxyl groups is 1. The normalized spacial score (nSPS) is 12.3. The first-order chi connectivity index (χ1) is 21.0. The molecule has 13 heteroatoms. The van der Waals surface area contributed by atoms with Gasteiger partial charge < -0.3 is 35.1 Å². The molecule has 5 N–H and O–H groups in total. The lowest BCUT2D eigenvalue weighted by Gasteiger charge is -2.25. The molecule has 4 rings (SSSR count). The van der Waals surface area contributed by atoms with Gasteiger partial charge in [0.05, 0.1) is 12.2 Å². The van der Waals surface area contributed by atoms with E-state index in [0.29, 0.717) is 30.2 Å². The van der Waals surface area contributed by atoms with Gasteiger partial charge >= 0.3 is 6.18 Å². The van der Waals surface area contributed by atoms with Gasteiger partial charge in [-0.15, -0.1) is 0 Å². The summed E-state index contributed by atoms with van der Waals surface area (Å²) in [6.45, 7) is 0.927. The number of nitrogens with two attached hydrogens (primary N) is 1. The van der Waals surface area contributed by atoms with Crippen molar-refractivity contribution in [3.8, 4) is 28.6 Å². The minimum absolute atomic E-state index is 0.0449. The minimum atomic E-state index is -4.62. The van der Waals surface area contributed by atoms with Gasteiger partial charge in [-0.1, -0.05) is 30.3 Å². The van der Waals surface area contributed by atoms with E-state index in [0.717, 1.165) is 11.8 Å². The van der Waals surface area contributed by atoms with E-state index in [2.05, 4.69) is 4.98 Å². The van der Waals surface area contributed by atoms with Crippen molar-refractivity contribution in [1.82, 2.24) is 14.5 Å². The Balaban J connectivity index is 1.36. The van der Waals surface area contributed by atoms with Crippen molar-refractivity contribution < 1.29 is 42.8 Å². The second-order valence-electron chi connectivity index (χ2n) is 9.97. The number of ether oxygens (including phenoxy) is 2. The van der Waals surface area contributed by atoms with Crippen LogP contribution in [0.1, 0.15) is 21.6 Å². The van der Waals surface area contributed by atoms with Crippen LogP contribution in [0.2, 0.25) is 0 Å². The highest BCUT2D eigenvalue weighted by molar-refractivity contribution is 5.95. The Morgan fingerprint density at radius 2 is 1.73 bits per heavy atom. The standard InChI is InChI=1S/C31H33F3N4O6/c32-31(33,34)28-19-38(12-14-39)30(36-28)22-6-8-24(9-7-22)44-20-23(40)18-37(17-21-4-2-1-3-5-21)13-15-43-25-10-11-27(41)26(16-25)29(35)42/h1-11,16,19,23,39-41H,12-15,17-18,20H2,(H2,35,42). The maximum absolute atomic E-state index is 13.2. The summed E-state index contributed by atoms with van der Waals surface area (Å²) in [6, 6.07) is 20.1. The first-order valence-electron chi connectivity index (χ1n) is 13.7. The van der Waals surface area contributed by atoms with E-state index in [1.54, 1.807) is 24.3 Å². The van der Waals surface area contributed by atoms with Crippen molar-refractivity contribution in [2.75, 3.05) is 32.9 Å². The Labute approximate surface area is 251 Å². The molecule has 0 radical (unpaired) electrons. The van der Waals surface area contributed by atoms with E-state index in [9.17, 15) is 33.3 Å². The molecular weight excluding hydrogens is 581 g/mol. The van der Waals surface area contributed by atoms with E-state index in [4.69, 9.17) is 15.2 Å². The molecule has 0 spiro atoms. The summed E-state index contributed by atoms with van der Waals surface area (Å²) in [5, 5.41) is 29.8. The molecule has 44 heavy (non-hydrogen) atoms. The quantitative estimate of drug-likeness (QED) is 0.159. The van der Waals surface area contributed by atoms with Crippen molar-refractivity contribution in [2.24, 2.45) is 5.73 Å². The first-order valence-corrected chi connectivity index (χ1v) is 13.7. The van der Waals surface area contributed by atoms with Crippen LogP contribution in [0.15, 0.2) is 79.0 Å². The predicted octanol–water partition coefficient (Wildman–Crippen LogP) is 3.69. The predicted molar refractivity (Wildman–Crippen MR) is 155 cm³/mol. The zero-order valence-corrected chi connectivity index (χ0v) is 23.7. The fourth-order valence-corrected chi connectivity index (χ4v) is 4.48. The van der Waals surface area contributed by atoms with Crippen molar-refractivity contribution >= 4 is 5.91 Å². The lowest BCUT2D eigenvalue weighted by atomic mass is 10.2. The minimum Gasteiger partial charge on any atom is -0.507 e. The zero-order chi connectivity index (χ0) is 31.7. The average Bonchev–Trinajstić information content (AvgIpc) is 3.42. The summed E-state index contributed by atoms with van der Waals surface area (Å²) in [6.07, 6.45) is -4.65. The molecule has 4 aromatic rings. The highest BCUT2D eigenvalue weighted by Crippen LogP contribution is 2.31. The summed E-state index contributed by atoms with van der Waals surface area (Å²) in [5.41, 5.74) is 5.62. The van der Waals surface area contributed by atoms with Gasteiger partial charge in [-0.2, -0.15) is 13.2 Å². The molecule has 0 aliphatic heterocycles. The van der Waals surface area contributed by atoms with Crippen molar-refractivity contribution in [3.05, 3.63) is 95.8 Å². The van der Waals surface area contributed by atoms with Crippen LogP contribution in [0.3, 0.4) is 0 Å². The van der Waals surface area contributed by atoms with Crippen LogP contribution in [-0.4, -0.2) is 74.7 Å². The number of aliphatic hydroxyl groups is 2. The molecule has 1 unspecified atom stereocenters. The van der Waals surface area contributed by atoms with Crippen molar-refractivity contribution in [1.29, 1.82) is 0 Å². The van der Waals surface area contributed by atoms with Crippen LogP contribution in [0, 0.1) is 0 Å². The van der Waals surface area contributed by atoms with Crippen LogP contribution in [0.4, 0.5) is 13.2 Å². The SMILES string of the molecule is NC(=O)c1cc(OCCN(Cc2ccccc2)CC(O)COc2ccc(-c3nc(C(F)(F)F)cn3CCO)cc2)ccc1O. The first kappa shape index (κ1) is 32.3. The van der Waals surface area contributed by atoms with Gasteiger partial charge in [0.15, 0.2) is 5.69 Å². The number of imidazole rings is 1. The molecule has 10 nitrogen and oxygen atoms in total. The molecule has 0 aliphatic carbocycles.